The Morgan fingerprint density at radius 1 is 1.76 bits per heavy atom. The summed E-state index contributed by atoms with van der Waals surface area (Å²) in [7, 11) is 1.77. The first-order valence-corrected chi connectivity index (χ1v) is 6.75. The number of nitrogens with zero attached hydrogens (tertiary/aromatic N) is 1. The SMILES string of the molecule is CN(CC1CNCCO1)C(=O)c1sccc1Cl. The van der Waals surface area contributed by atoms with Gasteiger partial charge in [-0.05, 0) is 11.4 Å². The van der Waals surface area contributed by atoms with Crippen molar-refractivity contribution in [1.82, 2.24) is 10.2 Å². The minimum Gasteiger partial charge on any atom is -0.374 e. The Bertz CT molecular complexity index is 391. The van der Waals surface area contributed by atoms with Gasteiger partial charge in [0.2, 0.25) is 0 Å². The molecule has 2 rings (SSSR count). The Morgan fingerprint density at radius 2 is 2.59 bits per heavy atom. The molecule has 1 N–H and O–H groups in total. The second-order valence-electron chi connectivity index (χ2n) is 3.98. The molecule has 1 fully saturated rings. The van der Waals surface area contributed by atoms with Crippen LogP contribution in [0.3, 0.4) is 0 Å². The fourth-order valence-electron chi connectivity index (χ4n) is 1.75. The highest BCUT2D eigenvalue weighted by atomic mass is 35.5. The summed E-state index contributed by atoms with van der Waals surface area (Å²) in [4.78, 5) is 14.3. The molecule has 17 heavy (non-hydrogen) atoms. The van der Waals surface area contributed by atoms with Crippen molar-refractivity contribution in [3.05, 3.63) is 21.3 Å². The number of ether oxygens (including phenoxy) is 1. The van der Waals surface area contributed by atoms with Crippen molar-refractivity contribution in [1.29, 1.82) is 0 Å². The van der Waals surface area contributed by atoms with Gasteiger partial charge in [0.25, 0.3) is 5.91 Å². The minimum absolute atomic E-state index is 0.0424. The number of hydrogen-bond acceptors (Lipinski definition) is 4. The van der Waals surface area contributed by atoms with Gasteiger partial charge in [0.05, 0.1) is 17.7 Å². The first kappa shape index (κ1) is 12.8. The van der Waals surface area contributed by atoms with Gasteiger partial charge in [0.15, 0.2) is 0 Å². The molecule has 1 saturated heterocycles. The van der Waals surface area contributed by atoms with Gasteiger partial charge in [0, 0.05) is 26.7 Å². The predicted molar refractivity (Wildman–Crippen MR) is 68.9 cm³/mol. The fourth-order valence-corrected chi connectivity index (χ4v) is 2.87. The molecular weight excluding hydrogens is 260 g/mol. The zero-order valence-corrected chi connectivity index (χ0v) is 11.2. The lowest BCUT2D eigenvalue weighted by atomic mass is 10.3. The number of nitrogens with one attached hydrogen (secondary N) is 1. The number of carbonyl (C=O) groups is 1. The summed E-state index contributed by atoms with van der Waals surface area (Å²) < 4.78 is 5.56. The van der Waals surface area contributed by atoms with Crippen LogP contribution in [-0.2, 0) is 4.74 Å². The summed E-state index contributed by atoms with van der Waals surface area (Å²) >= 11 is 7.31. The van der Waals surface area contributed by atoms with Crippen LogP contribution in [0.4, 0.5) is 0 Å². The minimum atomic E-state index is -0.0424. The zero-order valence-electron chi connectivity index (χ0n) is 9.61. The van der Waals surface area contributed by atoms with E-state index in [9.17, 15) is 4.79 Å². The maximum absolute atomic E-state index is 12.1. The quantitative estimate of drug-likeness (QED) is 0.907. The first-order chi connectivity index (χ1) is 8.18. The molecule has 6 heteroatoms. The number of likely N-dealkylation sites (N-methyl/N-ethyl adjacent to an activating group) is 1. The smallest absolute Gasteiger partial charge is 0.265 e. The normalized spacial score (nSPS) is 20.2. The lowest BCUT2D eigenvalue weighted by Gasteiger charge is -2.27. The van der Waals surface area contributed by atoms with E-state index in [4.69, 9.17) is 16.3 Å². The molecule has 1 aromatic heterocycles. The Balaban J connectivity index is 1.93. The topological polar surface area (TPSA) is 41.6 Å². The molecule has 2 heterocycles. The number of thiophene rings is 1. The third-order valence-electron chi connectivity index (χ3n) is 2.64. The molecule has 0 spiro atoms. The average molecular weight is 275 g/mol. The summed E-state index contributed by atoms with van der Waals surface area (Å²) in [6.07, 6.45) is 0.0661. The van der Waals surface area contributed by atoms with Gasteiger partial charge in [0.1, 0.15) is 4.88 Å². The molecule has 1 aliphatic rings. The molecule has 4 nitrogen and oxygen atoms in total. The van der Waals surface area contributed by atoms with Gasteiger partial charge >= 0.3 is 0 Å². The molecule has 1 atom stereocenters. The van der Waals surface area contributed by atoms with Crippen molar-refractivity contribution in [3.63, 3.8) is 0 Å². The van der Waals surface area contributed by atoms with E-state index in [1.54, 1.807) is 18.0 Å². The van der Waals surface area contributed by atoms with Crippen molar-refractivity contribution >= 4 is 28.8 Å². The second-order valence-corrected chi connectivity index (χ2v) is 5.30. The third-order valence-corrected chi connectivity index (χ3v) is 3.97. The summed E-state index contributed by atoms with van der Waals surface area (Å²) in [6, 6.07) is 1.74. The molecule has 1 unspecified atom stereocenters. The van der Waals surface area contributed by atoms with Crippen molar-refractivity contribution < 1.29 is 9.53 Å². The Labute approximate surface area is 110 Å². The van der Waals surface area contributed by atoms with Gasteiger partial charge in [-0.15, -0.1) is 11.3 Å². The Kier molecular flexibility index (Phi) is 4.39. The van der Waals surface area contributed by atoms with Crippen molar-refractivity contribution in [2.24, 2.45) is 0 Å². The lowest BCUT2D eigenvalue weighted by molar-refractivity contribution is 0.0105. The van der Waals surface area contributed by atoms with E-state index in [-0.39, 0.29) is 12.0 Å². The van der Waals surface area contributed by atoms with E-state index < -0.39 is 0 Å². The Morgan fingerprint density at radius 3 is 3.18 bits per heavy atom. The summed E-state index contributed by atoms with van der Waals surface area (Å²) in [5.74, 6) is -0.0424. The van der Waals surface area contributed by atoms with Crippen molar-refractivity contribution in [2.45, 2.75) is 6.10 Å². The molecule has 1 aromatic rings. The van der Waals surface area contributed by atoms with Crippen LogP contribution >= 0.6 is 22.9 Å². The van der Waals surface area contributed by atoms with Crippen LogP contribution < -0.4 is 5.32 Å². The van der Waals surface area contributed by atoms with E-state index in [1.807, 2.05) is 5.38 Å². The fraction of sp³-hybridized carbons (Fsp3) is 0.545. The number of halogens is 1. The summed E-state index contributed by atoms with van der Waals surface area (Å²) in [6.45, 7) is 2.95. The number of hydrogen-bond donors (Lipinski definition) is 1. The van der Waals surface area contributed by atoms with Crippen LogP contribution in [-0.4, -0.2) is 50.2 Å². The summed E-state index contributed by atoms with van der Waals surface area (Å²) in [5.41, 5.74) is 0. The second kappa shape index (κ2) is 5.82. The van der Waals surface area contributed by atoms with Gasteiger partial charge < -0.3 is 15.0 Å². The number of morpholine rings is 1. The van der Waals surface area contributed by atoms with Gasteiger partial charge in [-0.3, -0.25) is 4.79 Å². The molecule has 0 aromatic carbocycles. The van der Waals surface area contributed by atoms with Crippen LogP contribution in [0.5, 0.6) is 0 Å². The number of carbonyl (C=O) groups excluding carboxylic acids is 1. The van der Waals surface area contributed by atoms with Crippen molar-refractivity contribution in [2.75, 3.05) is 33.3 Å². The molecule has 0 bridgehead atoms. The molecule has 0 radical (unpaired) electrons. The third kappa shape index (κ3) is 3.19. The number of amides is 1. The van der Waals surface area contributed by atoms with Crippen LogP contribution in [0, 0.1) is 0 Å². The molecular formula is C11H15ClN2O2S. The zero-order chi connectivity index (χ0) is 12.3. The molecule has 0 aliphatic carbocycles. The Hall–Kier alpha value is -0.620. The highest BCUT2D eigenvalue weighted by molar-refractivity contribution is 7.12. The molecule has 1 amide bonds. The van der Waals surface area contributed by atoms with E-state index >= 15 is 0 Å². The van der Waals surface area contributed by atoms with E-state index in [1.165, 1.54) is 11.3 Å². The average Bonchev–Trinajstić information content (AvgIpc) is 2.76. The van der Waals surface area contributed by atoms with Gasteiger partial charge in [-0.2, -0.15) is 0 Å². The highest BCUT2D eigenvalue weighted by Crippen LogP contribution is 2.23. The van der Waals surface area contributed by atoms with E-state index in [0.717, 1.165) is 13.1 Å². The summed E-state index contributed by atoms with van der Waals surface area (Å²) in [5, 5.41) is 5.58. The monoisotopic (exact) mass is 274 g/mol. The van der Waals surface area contributed by atoms with Crippen LogP contribution in [0.15, 0.2) is 11.4 Å². The maximum Gasteiger partial charge on any atom is 0.265 e. The standard InChI is InChI=1S/C11H15ClN2O2S/c1-14(7-8-6-13-3-4-16-8)11(15)10-9(12)2-5-17-10/h2,5,8,13H,3-4,6-7H2,1H3. The van der Waals surface area contributed by atoms with Gasteiger partial charge in [-0.1, -0.05) is 11.6 Å². The first-order valence-electron chi connectivity index (χ1n) is 5.49. The molecule has 1 aliphatic heterocycles. The lowest BCUT2D eigenvalue weighted by Crippen LogP contribution is -2.45. The maximum atomic E-state index is 12.1. The predicted octanol–water partition coefficient (Wildman–Crippen LogP) is 1.46. The van der Waals surface area contributed by atoms with Crippen LogP contribution in [0.1, 0.15) is 9.67 Å². The van der Waals surface area contributed by atoms with Crippen LogP contribution in [0.25, 0.3) is 0 Å². The highest BCUT2D eigenvalue weighted by Gasteiger charge is 2.21. The number of rotatable bonds is 3. The molecule has 0 saturated carbocycles. The van der Waals surface area contributed by atoms with E-state index in [2.05, 4.69) is 5.32 Å². The van der Waals surface area contributed by atoms with E-state index in [0.29, 0.717) is 23.1 Å². The van der Waals surface area contributed by atoms with Gasteiger partial charge in [-0.25, -0.2) is 0 Å². The van der Waals surface area contributed by atoms with Crippen molar-refractivity contribution in [3.8, 4) is 0 Å². The van der Waals surface area contributed by atoms with Crippen LogP contribution in [0.2, 0.25) is 5.02 Å². The largest absolute Gasteiger partial charge is 0.374 e. The molecule has 94 valence electrons.